The van der Waals surface area contributed by atoms with Crippen LogP contribution in [0, 0.1) is 0 Å². The minimum absolute atomic E-state index is 0.195. The fourth-order valence-corrected chi connectivity index (χ4v) is 10.7. The summed E-state index contributed by atoms with van der Waals surface area (Å²) in [4.78, 5) is 4.89. The predicted molar refractivity (Wildman–Crippen MR) is 265 cm³/mol. The van der Waals surface area contributed by atoms with E-state index < -0.39 is 0 Å². The second-order valence-corrected chi connectivity index (χ2v) is 18.2. The minimum atomic E-state index is -0.300. The summed E-state index contributed by atoms with van der Waals surface area (Å²) in [6.07, 6.45) is 0. The molecule has 0 amide bonds. The summed E-state index contributed by atoms with van der Waals surface area (Å²) in [7, 11) is 0. The van der Waals surface area contributed by atoms with Gasteiger partial charge in [0.2, 0.25) is 0 Å². The molecule has 10 aromatic rings. The van der Waals surface area contributed by atoms with Crippen molar-refractivity contribution in [2.45, 2.75) is 38.5 Å². The zero-order valence-electron chi connectivity index (χ0n) is 36.0. The summed E-state index contributed by atoms with van der Waals surface area (Å²) >= 11 is 0. The van der Waals surface area contributed by atoms with Crippen LogP contribution >= 0.6 is 0 Å². The van der Waals surface area contributed by atoms with E-state index in [4.69, 9.17) is 0 Å². The summed E-state index contributed by atoms with van der Waals surface area (Å²) in [6, 6.07) is 78.3. The van der Waals surface area contributed by atoms with Gasteiger partial charge in [-0.1, -0.05) is 143 Å². The van der Waals surface area contributed by atoms with Crippen molar-refractivity contribution in [3.8, 4) is 27.9 Å². The molecule has 0 fully saturated rings. The standard InChI is InChI=1S/C60H47N3/c1-59(2)49-25-15-17-27-55(49)62(45-20-10-6-11-21-45)56-34-30-42(38-50(56)59)43-31-35-58-52(39-43)60(3,4)51-37-41(29-33-57(51)63(58)46-22-12-7-13-23-46)40-28-32-54-48(36-40)47-24-14-16-26-53(47)61(54)44-18-8-5-9-19-44/h5-39H,1-4H3. The minimum Gasteiger partial charge on any atom is -0.310 e. The second kappa shape index (κ2) is 14.0. The number of rotatable bonds is 5. The van der Waals surface area contributed by atoms with E-state index in [1.807, 2.05) is 0 Å². The normalized spacial score (nSPS) is 14.5. The largest absolute Gasteiger partial charge is 0.310 e. The molecule has 0 spiro atoms. The molecular weight excluding hydrogens is 763 g/mol. The fourth-order valence-electron chi connectivity index (χ4n) is 10.7. The Morgan fingerprint density at radius 2 is 0.667 bits per heavy atom. The first-order valence-corrected chi connectivity index (χ1v) is 22.1. The molecular formula is C60H47N3. The lowest BCUT2D eigenvalue weighted by molar-refractivity contribution is 0.631. The van der Waals surface area contributed by atoms with Crippen LogP contribution in [0.4, 0.5) is 34.1 Å². The Morgan fingerprint density at radius 3 is 1.21 bits per heavy atom. The molecule has 63 heavy (non-hydrogen) atoms. The molecule has 0 atom stereocenters. The molecule has 0 aliphatic carbocycles. The Bertz CT molecular complexity index is 3400. The van der Waals surface area contributed by atoms with E-state index in [9.17, 15) is 0 Å². The first-order valence-electron chi connectivity index (χ1n) is 22.1. The van der Waals surface area contributed by atoms with E-state index in [0.717, 1.165) is 5.69 Å². The van der Waals surface area contributed by atoms with Gasteiger partial charge >= 0.3 is 0 Å². The molecule has 0 unspecified atom stereocenters. The number of hydrogen-bond donors (Lipinski definition) is 0. The van der Waals surface area contributed by atoms with Crippen molar-refractivity contribution in [2.75, 3.05) is 9.80 Å². The zero-order valence-corrected chi connectivity index (χ0v) is 36.0. The summed E-state index contributed by atoms with van der Waals surface area (Å²) in [5, 5.41) is 2.52. The van der Waals surface area contributed by atoms with Gasteiger partial charge in [-0.05, 0) is 142 Å². The molecule has 9 aromatic carbocycles. The van der Waals surface area contributed by atoms with Crippen LogP contribution in [0.25, 0.3) is 49.7 Å². The summed E-state index contributed by atoms with van der Waals surface area (Å²) in [6.45, 7) is 9.56. The third-order valence-electron chi connectivity index (χ3n) is 13.9. The van der Waals surface area contributed by atoms with Crippen molar-refractivity contribution in [3.05, 3.63) is 235 Å². The van der Waals surface area contributed by atoms with E-state index in [1.54, 1.807) is 0 Å². The van der Waals surface area contributed by atoms with Crippen molar-refractivity contribution in [1.82, 2.24) is 4.57 Å². The molecule has 0 bridgehead atoms. The number of aromatic nitrogens is 1. The van der Waals surface area contributed by atoms with Gasteiger partial charge in [0.1, 0.15) is 0 Å². The molecule has 2 aliphatic heterocycles. The first kappa shape index (κ1) is 37.2. The Kier molecular flexibility index (Phi) is 8.23. The molecule has 12 rings (SSSR count). The van der Waals surface area contributed by atoms with Crippen molar-refractivity contribution in [1.29, 1.82) is 0 Å². The van der Waals surface area contributed by atoms with Crippen molar-refractivity contribution in [2.24, 2.45) is 0 Å². The Balaban J connectivity index is 0.998. The monoisotopic (exact) mass is 809 g/mol. The van der Waals surface area contributed by atoms with Crippen LogP contribution in [0.5, 0.6) is 0 Å². The maximum Gasteiger partial charge on any atom is 0.0541 e. The van der Waals surface area contributed by atoms with Gasteiger partial charge < -0.3 is 14.4 Å². The van der Waals surface area contributed by atoms with Crippen LogP contribution in [0.2, 0.25) is 0 Å². The Morgan fingerprint density at radius 1 is 0.286 bits per heavy atom. The summed E-state index contributed by atoms with van der Waals surface area (Å²) < 4.78 is 2.39. The Labute approximate surface area is 369 Å². The van der Waals surface area contributed by atoms with Gasteiger partial charge in [-0.25, -0.2) is 0 Å². The second-order valence-electron chi connectivity index (χ2n) is 18.2. The molecule has 3 heterocycles. The smallest absolute Gasteiger partial charge is 0.0541 e. The molecule has 3 heteroatoms. The van der Waals surface area contributed by atoms with Crippen LogP contribution in [0.3, 0.4) is 0 Å². The lowest BCUT2D eigenvalue weighted by Crippen LogP contribution is -2.31. The highest BCUT2D eigenvalue weighted by Crippen LogP contribution is 2.55. The quantitative estimate of drug-likeness (QED) is 0.172. The van der Waals surface area contributed by atoms with Crippen molar-refractivity contribution < 1.29 is 0 Å². The molecule has 0 radical (unpaired) electrons. The number of para-hydroxylation sites is 5. The van der Waals surface area contributed by atoms with Crippen LogP contribution in [0.1, 0.15) is 49.9 Å². The highest BCUT2D eigenvalue weighted by Gasteiger charge is 2.39. The molecule has 1 aromatic heterocycles. The van der Waals surface area contributed by atoms with Gasteiger partial charge in [0.15, 0.2) is 0 Å². The third-order valence-corrected chi connectivity index (χ3v) is 13.9. The van der Waals surface area contributed by atoms with Gasteiger partial charge in [-0.3, -0.25) is 0 Å². The number of benzene rings is 9. The van der Waals surface area contributed by atoms with Crippen LogP contribution in [-0.4, -0.2) is 4.57 Å². The van der Waals surface area contributed by atoms with E-state index >= 15 is 0 Å². The SMILES string of the molecule is CC1(C)c2ccccc2N(c2ccccc2)c2ccc(-c3ccc4c(c3)C(C)(C)c3cc(-c5ccc6c(c5)c5ccccc5n6-c5ccccc5)ccc3N4c3ccccc3)cc21. The zero-order chi connectivity index (χ0) is 42.5. The molecule has 3 nitrogen and oxygen atoms in total. The van der Waals surface area contributed by atoms with Gasteiger partial charge in [-0.15, -0.1) is 0 Å². The maximum atomic E-state index is 2.46. The van der Waals surface area contributed by atoms with Crippen LogP contribution < -0.4 is 9.80 Å². The fraction of sp³-hybridized carbons (Fsp3) is 0.100. The molecule has 2 aliphatic rings. The van der Waals surface area contributed by atoms with Crippen molar-refractivity contribution in [3.63, 3.8) is 0 Å². The van der Waals surface area contributed by atoms with Crippen LogP contribution in [0.15, 0.2) is 212 Å². The topological polar surface area (TPSA) is 11.4 Å². The van der Waals surface area contributed by atoms with Gasteiger partial charge in [0, 0.05) is 38.7 Å². The first-order chi connectivity index (χ1) is 30.8. The number of anilines is 6. The highest BCUT2D eigenvalue weighted by atomic mass is 15.2. The molecule has 0 N–H and O–H groups in total. The molecule has 0 saturated heterocycles. The number of fused-ring (bicyclic) bond motifs is 7. The maximum absolute atomic E-state index is 2.46. The van der Waals surface area contributed by atoms with E-state index in [-0.39, 0.29) is 10.8 Å². The average molecular weight is 810 g/mol. The van der Waals surface area contributed by atoms with Gasteiger partial charge in [0.05, 0.1) is 33.8 Å². The lowest BCUT2D eigenvalue weighted by Gasteiger charge is -2.43. The van der Waals surface area contributed by atoms with Gasteiger partial charge in [0.25, 0.3) is 0 Å². The van der Waals surface area contributed by atoms with Crippen LogP contribution in [-0.2, 0) is 10.8 Å². The predicted octanol–water partition coefficient (Wildman–Crippen LogP) is 16.3. The number of nitrogens with zero attached hydrogens (tertiary/aromatic N) is 3. The average Bonchev–Trinajstić information content (AvgIpc) is 3.66. The van der Waals surface area contributed by atoms with E-state index in [1.165, 1.54) is 100 Å². The Hall–Kier alpha value is -7.62. The molecule has 302 valence electrons. The molecule has 0 saturated carbocycles. The third kappa shape index (κ3) is 5.66. The summed E-state index contributed by atoms with van der Waals surface area (Å²) in [5.74, 6) is 0. The van der Waals surface area contributed by atoms with E-state index in [0.29, 0.717) is 0 Å². The lowest BCUT2D eigenvalue weighted by atomic mass is 9.71. The van der Waals surface area contributed by atoms with Gasteiger partial charge in [-0.2, -0.15) is 0 Å². The summed E-state index contributed by atoms with van der Waals surface area (Å²) in [5.41, 5.74) is 20.5. The highest BCUT2D eigenvalue weighted by molar-refractivity contribution is 6.10. The van der Waals surface area contributed by atoms with E-state index in [2.05, 4.69) is 254 Å². The van der Waals surface area contributed by atoms with Crippen molar-refractivity contribution >= 4 is 55.9 Å². The number of hydrogen-bond acceptors (Lipinski definition) is 2.